The molecule has 31 heavy (non-hydrogen) atoms. The number of oxazole rings is 1. The maximum absolute atomic E-state index is 14.4. The number of benzene rings is 2. The molecule has 0 aliphatic rings. The van der Waals surface area contributed by atoms with Gasteiger partial charge in [0, 0.05) is 12.1 Å². The fourth-order valence-corrected chi connectivity index (χ4v) is 3.14. The molecule has 1 amide bonds. The Morgan fingerprint density at radius 2 is 1.81 bits per heavy atom. The Morgan fingerprint density at radius 1 is 1.16 bits per heavy atom. The Morgan fingerprint density at radius 3 is 2.35 bits per heavy atom. The Labute approximate surface area is 180 Å². The second-order valence-electron chi connectivity index (χ2n) is 6.19. The van der Waals surface area contributed by atoms with Crippen molar-refractivity contribution in [2.24, 2.45) is 11.5 Å². The van der Waals surface area contributed by atoms with Crippen LogP contribution in [0, 0.1) is 11.6 Å². The van der Waals surface area contributed by atoms with Gasteiger partial charge in [-0.3, -0.25) is 4.79 Å². The normalized spacial score (nSPS) is 12.6. The zero-order valence-electron chi connectivity index (χ0n) is 15.3. The van der Waals surface area contributed by atoms with Gasteiger partial charge in [0.25, 0.3) is 5.91 Å². The lowest BCUT2D eigenvalue weighted by Crippen LogP contribution is -2.21. The molecule has 0 saturated heterocycles. The van der Waals surface area contributed by atoms with E-state index in [-0.39, 0.29) is 22.8 Å². The van der Waals surface area contributed by atoms with E-state index >= 15 is 0 Å². The van der Waals surface area contributed by atoms with Crippen LogP contribution in [0.4, 0.5) is 22.0 Å². The third kappa shape index (κ3) is 4.69. The van der Waals surface area contributed by atoms with Crippen LogP contribution in [-0.2, 0) is 6.18 Å². The molecule has 0 aliphatic heterocycles. The molecule has 0 saturated carbocycles. The number of carbonyl (C=O) groups is 1. The van der Waals surface area contributed by atoms with Crippen LogP contribution in [0.15, 0.2) is 45.5 Å². The number of ether oxygens (including phenoxy) is 1. The maximum Gasteiger partial charge on any atom is 0.416 e. The fourth-order valence-electron chi connectivity index (χ4n) is 2.65. The smallest absolute Gasteiger partial charge is 0.416 e. The minimum absolute atomic E-state index is 0.0710. The van der Waals surface area contributed by atoms with Gasteiger partial charge in [-0.1, -0.05) is 12.1 Å². The zero-order chi connectivity index (χ0) is 22.9. The van der Waals surface area contributed by atoms with E-state index < -0.39 is 46.7 Å². The molecule has 3 rings (SSSR count). The standard InChI is InChI=1S/C19H13BrF5N3O3/c20-16-15(8-1-3-9(4-2-8)19(23,24)25)28-18(31-16)12(7-26)30-11-6-5-10(21)13(14(11)22)17(27)29/h1-6,12H,7,26H2,(H2,27,29). The summed E-state index contributed by atoms with van der Waals surface area (Å²) in [6.07, 6.45) is -5.66. The quantitative estimate of drug-likeness (QED) is 0.477. The van der Waals surface area contributed by atoms with E-state index in [9.17, 15) is 26.7 Å². The predicted octanol–water partition coefficient (Wildman–Crippen LogP) is 4.58. The van der Waals surface area contributed by atoms with Crippen LogP contribution in [0.25, 0.3) is 11.3 Å². The minimum atomic E-state index is -4.49. The largest absolute Gasteiger partial charge is 0.476 e. The molecule has 1 atom stereocenters. The number of rotatable bonds is 6. The van der Waals surface area contributed by atoms with Crippen molar-refractivity contribution in [1.29, 1.82) is 0 Å². The van der Waals surface area contributed by atoms with Crippen LogP contribution in [0.2, 0.25) is 0 Å². The van der Waals surface area contributed by atoms with Gasteiger partial charge in [-0.05, 0) is 40.2 Å². The van der Waals surface area contributed by atoms with Crippen molar-refractivity contribution < 1.29 is 35.9 Å². The molecule has 2 aromatic carbocycles. The molecule has 4 N–H and O–H groups in total. The van der Waals surface area contributed by atoms with Gasteiger partial charge < -0.3 is 20.6 Å². The molecular weight excluding hydrogens is 493 g/mol. The number of nitrogens with two attached hydrogens (primary N) is 2. The van der Waals surface area contributed by atoms with Crippen LogP contribution < -0.4 is 16.2 Å². The van der Waals surface area contributed by atoms with E-state index in [1.807, 2.05) is 0 Å². The van der Waals surface area contributed by atoms with Crippen LogP contribution in [0.1, 0.15) is 27.9 Å². The lowest BCUT2D eigenvalue weighted by Gasteiger charge is -2.15. The molecule has 0 bridgehead atoms. The average molecular weight is 506 g/mol. The molecule has 1 heterocycles. The topological polar surface area (TPSA) is 104 Å². The molecule has 0 radical (unpaired) electrons. The van der Waals surface area contributed by atoms with Gasteiger partial charge in [0.2, 0.25) is 5.89 Å². The van der Waals surface area contributed by atoms with Crippen molar-refractivity contribution in [3.63, 3.8) is 0 Å². The summed E-state index contributed by atoms with van der Waals surface area (Å²) in [5.41, 5.74) is 9.26. The van der Waals surface area contributed by atoms with Gasteiger partial charge in [0.15, 0.2) is 22.3 Å². The summed E-state index contributed by atoms with van der Waals surface area (Å²) in [5.74, 6) is -4.46. The lowest BCUT2D eigenvalue weighted by molar-refractivity contribution is -0.137. The number of halogens is 6. The summed E-state index contributed by atoms with van der Waals surface area (Å²) in [4.78, 5) is 15.4. The molecule has 0 fully saturated rings. The van der Waals surface area contributed by atoms with E-state index in [1.54, 1.807) is 0 Å². The average Bonchev–Trinajstić information content (AvgIpc) is 3.08. The van der Waals surface area contributed by atoms with E-state index in [4.69, 9.17) is 20.6 Å². The van der Waals surface area contributed by atoms with Crippen molar-refractivity contribution in [2.75, 3.05) is 6.54 Å². The zero-order valence-corrected chi connectivity index (χ0v) is 16.9. The predicted molar refractivity (Wildman–Crippen MR) is 102 cm³/mol. The van der Waals surface area contributed by atoms with Gasteiger partial charge >= 0.3 is 6.18 Å². The van der Waals surface area contributed by atoms with E-state index in [0.717, 1.165) is 24.3 Å². The number of hydrogen-bond donors (Lipinski definition) is 2. The molecule has 0 spiro atoms. The summed E-state index contributed by atoms with van der Waals surface area (Å²) in [6, 6.07) is 5.90. The number of alkyl halides is 3. The fraction of sp³-hybridized carbons (Fsp3) is 0.158. The Bertz CT molecular complexity index is 1120. The van der Waals surface area contributed by atoms with Gasteiger partial charge in [-0.2, -0.15) is 13.2 Å². The third-order valence-electron chi connectivity index (χ3n) is 4.15. The van der Waals surface area contributed by atoms with E-state index in [2.05, 4.69) is 20.9 Å². The lowest BCUT2D eigenvalue weighted by atomic mass is 10.1. The number of aromatic nitrogens is 1. The van der Waals surface area contributed by atoms with Gasteiger partial charge in [-0.25, -0.2) is 13.8 Å². The minimum Gasteiger partial charge on any atom is -0.476 e. The molecule has 3 aromatic rings. The first-order valence-corrected chi connectivity index (χ1v) is 9.30. The molecule has 1 aromatic heterocycles. The highest BCUT2D eigenvalue weighted by atomic mass is 79.9. The number of nitrogens with zero attached hydrogens (tertiary/aromatic N) is 1. The number of carbonyl (C=O) groups excluding carboxylic acids is 1. The van der Waals surface area contributed by atoms with Crippen LogP contribution in [0.5, 0.6) is 5.75 Å². The van der Waals surface area contributed by atoms with Crippen molar-refractivity contribution in [2.45, 2.75) is 12.3 Å². The Hall–Kier alpha value is -2.99. The number of hydrogen-bond acceptors (Lipinski definition) is 5. The molecule has 12 heteroatoms. The first-order chi connectivity index (χ1) is 14.5. The highest BCUT2D eigenvalue weighted by Gasteiger charge is 2.30. The first kappa shape index (κ1) is 22.7. The summed E-state index contributed by atoms with van der Waals surface area (Å²) >= 11 is 3.12. The van der Waals surface area contributed by atoms with Crippen molar-refractivity contribution in [1.82, 2.24) is 4.98 Å². The summed E-state index contributed by atoms with van der Waals surface area (Å²) in [5, 5.41) is 0. The monoisotopic (exact) mass is 505 g/mol. The van der Waals surface area contributed by atoms with E-state index in [0.29, 0.717) is 5.56 Å². The molecule has 6 nitrogen and oxygen atoms in total. The van der Waals surface area contributed by atoms with Crippen molar-refractivity contribution in [3.05, 3.63) is 69.7 Å². The Balaban J connectivity index is 1.91. The summed E-state index contributed by atoms with van der Waals surface area (Å²) < 4.78 is 77.2. The second kappa shape index (κ2) is 8.63. The first-order valence-electron chi connectivity index (χ1n) is 8.51. The van der Waals surface area contributed by atoms with Crippen molar-refractivity contribution in [3.8, 4) is 17.0 Å². The SMILES string of the molecule is NCC(Oc1ccc(F)c(C(N)=O)c1F)c1nc(-c2ccc(C(F)(F)F)cc2)c(Br)o1. The van der Waals surface area contributed by atoms with Crippen molar-refractivity contribution >= 4 is 21.8 Å². The molecule has 1 unspecified atom stereocenters. The Kier molecular flexibility index (Phi) is 6.32. The van der Waals surface area contributed by atoms with Gasteiger partial charge in [0.05, 0.1) is 5.56 Å². The second-order valence-corrected chi connectivity index (χ2v) is 6.91. The molecule has 164 valence electrons. The highest BCUT2D eigenvalue weighted by molar-refractivity contribution is 9.10. The van der Waals surface area contributed by atoms with Crippen LogP contribution in [0.3, 0.4) is 0 Å². The highest BCUT2D eigenvalue weighted by Crippen LogP contribution is 2.35. The molecule has 0 aliphatic carbocycles. The van der Waals surface area contributed by atoms with E-state index in [1.165, 1.54) is 12.1 Å². The number of primary amides is 1. The van der Waals surface area contributed by atoms with Gasteiger partial charge in [0.1, 0.15) is 17.1 Å². The van der Waals surface area contributed by atoms with Crippen LogP contribution in [-0.4, -0.2) is 17.4 Å². The molecular formula is C19H13BrF5N3O3. The van der Waals surface area contributed by atoms with Gasteiger partial charge in [-0.15, -0.1) is 0 Å². The maximum atomic E-state index is 14.4. The number of amides is 1. The third-order valence-corrected chi connectivity index (χ3v) is 4.69. The summed E-state index contributed by atoms with van der Waals surface area (Å²) in [6.45, 7) is -0.262. The van der Waals surface area contributed by atoms with Crippen LogP contribution >= 0.6 is 15.9 Å². The summed E-state index contributed by atoms with van der Waals surface area (Å²) in [7, 11) is 0.